The highest BCUT2D eigenvalue weighted by Gasteiger charge is 2.47. The largest absolute Gasteiger partial charge is 0.481 e. The molecule has 1 saturated heterocycles. The van der Waals surface area contributed by atoms with Gasteiger partial charge < -0.3 is 20.5 Å². The molecule has 0 aromatic rings. The molecule has 20 heavy (non-hydrogen) atoms. The fourth-order valence-corrected chi connectivity index (χ4v) is 1.57. The standard InChI is InChI=1S/C10H14F4N2O4/c1-9(7(17)18)4-20-2-5(9)16-8(19)15-3-10(13,14)6(11)12/h5-6H,2-4H2,1H3,(H,17,18)(H2,15,16,19). The summed E-state index contributed by atoms with van der Waals surface area (Å²) in [5.41, 5.74) is -1.40. The zero-order valence-electron chi connectivity index (χ0n) is 10.5. The lowest BCUT2D eigenvalue weighted by atomic mass is 9.85. The van der Waals surface area contributed by atoms with Gasteiger partial charge in [0.1, 0.15) is 5.41 Å². The van der Waals surface area contributed by atoms with Crippen molar-refractivity contribution in [3.8, 4) is 0 Å². The molecule has 1 rings (SSSR count). The number of carboxylic acids is 1. The first kappa shape index (κ1) is 16.5. The molecule has 1 aliphatic heterocycles. The van der Waals surface area contributed by atoms with Gasteiger partial charge >= 0.3 is 24.3 Å². The Kier molecular flexibility index (Phi) is 4.79. The third-order valence-electron chi connectivity index (χ3n) is 3.05. The van der Waals surface area contributed by atoms with Crippen LogP contribution < -0.4 is 10.6 Å². The van der Waals surface area contributed by atoms with E-state index in [9.17, 15) is 27.2 Å². The topological polar surface area (TPSA) is 87.7 Å². The van der Waals surface area contributed by atoms with Crippen LogP contribution in [-0.4, -0.2) is 55.3 Å². The van der Waals surface area contributed by atoms with Crippen molar-refractivity contribution in [2.75, 3.05) is 19.8 Å². The Morgan fingerprint density at radius 3 is 2.60 bits per heavy atom. The molecule has 0 aromatic carbocycles. The summed E-state index contributed by atoms with van der Waals surface area (Å²) in [4.78, 5) is 22.4. The molecule has 116 valence electrons. The number of amides is 2. The number of alkyl halides is 4. The van der Waals surface area contributed by atoms with E-state index >= 15 is 0 Å². The van der Waals surface area contributed by atoms with E-state index in [4.69, 9.17) is 9.84 Å². The van der Waals surface area contributed by atoms with Crippen molar-refractivity contribution in [1.82, 2.24) is 10.6 Å². The van der Waals surface area contributed by atoms with E-state index in [1.165, 1.54) is 6.92 Å². The van der Waals surface area contributed by atoms with E-state index < -0.39 is 42.3 Å². The molecule has 2 atom stereocenters. The van der Waals surface area contributed by atoms with Crippen molar-refractivity contribution in [2.24, 2.45) is 5.41 Å². The van der Waals surface area contributed by atoms with Crippen LogP contribution in [0.3, 0.4) is 0 Å². The van der Waals surface area contributed by atoms with Gasteiger partial charge in [-0.05, 0) is 6.92 Å². The van der Waals surface area contributed by atoms with E-state index in [0.29, 0.717) is 0 Å². The predicted octanol–water partition coefficient (Wildman–Crippen LogP) is 0.676. The Morgan fingerprint density at radius 1 is 1.50 bits per heavy atom. The predicted molar refractivity (Wildman–Crippen MR) is 57.8 cm³/mol. The normalized spacial score (nSPS) is 26.6. The molecular formula is C10H14F4N2O4. The number of rotatable bonds is 5. The molecule has 2 unspecified atom stereocenters. The number of halogens is 4. The SMILES string of the molecule is CC1(C(=O)O)COCC1NC(=O)NCC(F)(F)C(F)F. The molecule has 0 saturated carbocycles. The maximum Gasteiger partial charge on any atom is 0.324 e. The van der Waals surface area contributed by atoms with Gasteiger partial charge in [0.2, 0.25) is 0 Å². The van der Waals surface area contributed by atoms with E-state index in [-0.39, 0.29) is 13.2 Å². The second kappa shape index (κ2) is 5.81. The van der Waals surface area contributed by atoms with Gasteiger partial charge in [-0.2, -0.15) is 8.78 Å². The van der Waals surface area contributed by atoms with Crippen molar-refractivity contribution in [3.05, 3.63) is 0 Å². The molecule has 6 nitrogen and oxygen atoms in total. The Morgan fingerprint density at radius 2 is 2.10 bits per heavy atom. The third kappa shape index (κ3) is 3.50. The highest BCUT2D eigenvalue weighted by Crippen LogP contribution is 2.28. The van der Waals surface area contributed by atoms with Crippen LogP contribution >= 0.6 is 0 Å². The van der Waals surface area contributed by atoms with Crippen molar-refractivity contribution in [1.29, 1.82) is 0 Å². The second-order valence-electron chi connectivity index (χ2n) is 4.68. The Bertz CT molecular complexity index is 393. The molecule has 0 aromatic heterocycles. The van der Waals surface area contributed by atoms with E-state index in [1.54, 1.807) is 5.32 Å². The van der Waals surface area contributed by atoms with Gasteiger partial charge in [0.25, 0.3) is 0 Å². The van der Waals surface area contributed by atoms with Crippen LogP contribution in [0.1, 0.15) is 6.92 Å². The first-order chi connectivity index (χ1) is 9.09. The molecule has 2 amide bonds. The molecular weight excluding hydrogens is 288 g/mol. The van der Waals surface area contributed by atoms with E-state index in [0.717, 1.165) is 0 Å². The minimum absolute atomic E-state index is 0.110. The molecule has 1 heterocycles. The van der Waals surface area contributed by atoms with Gasteiger partial charge in [-0.1, -0.05) is 0 Å². The number of carbonyl (C=O) groups excluding carboxylic acids is 1. The summed E-state index contributed by atoms with van der Waals surface area (Å²) in [7, 11) is 0. The van der Waals surface area contributed by atoms with Crippen molar-refractivity contribution < 1.29 is 37.0 Å². The van der Waals surface area contributed by atoms with Crippen LogP contribution in [0.4, 0.5) is 22.4 Å². The van der Waals surface area contributed by atoms with Gasteiger partial charge in [0.15, 0.2) is 0 Å². The maximum absolute atomic E-state index is 12.6. The average molecular weight is 302 g/mol. The fraction of sp³-hybridized carbons (Fsp3) is 0.800. The first-order valence-electron chi connectivity index (χ1n) is 5.61. The Hall–Kier alpha value is -1.58. The van der Waals surface area contributed by atoms with Gasteiger partial charge in [-0.15, -0.1) is 0 Å². The van der Waals surface area contributed by atoms with Crippen LogP contribution in [-0.2, 0) is 9.53 Å². The summed E-state index contributed by atoms with van der Waals surface area (Å²) in [6.45, 7) is -0.489. The van der Waals surface area contributed by atoms with Gasteiger partial charge in [-0.3, -0.25) is 4.79 Å². The molecule has 1 aliphatic rings. The monoisotopic (exact) mass is 302 g/mol. The molecule has 0 spiro atoms. The molecule has 0 bridgehead atoms. The number of nitrogens with one attached hydrogen (secondary N) is 2. The zero-order chi connectivity index (χ0) is 15.6. The fourth-order valence-electron chi connectivity index (χ4n) is 1.57. The lowest BCUT2D eigenvalue weighted by molar-refractivity contribution is -0.148. The summed E-state index contributed by atoms with van der Waals surface area (Å²) in [5, 5.41) is 12.7. The number of carboxylic acid groups (broad SMARTS) is 1. The quantitative estimate of drug-likeness (QED) is 0.652. The number of hydrogen-bond donors (Lipinski definition) is 3. The van der Waals surface area contributed by atoms with Gasteiger partial charge in [-0.25, -0.2) is 13.6 Å². The smallest absolute Gasteiger partial charge is 0.324 e. The third-order valence-corrected chi connectivity index (χ3v) is 3.05. The van der Waals surface area contributed by atoms with Crippen LogP contribution in [0, 0.1) is 5.41 Å². The maximum atomic E-state index is 12.6. The van der Waals surface area contributed by atoms with Crippen LogP contribution in [0.2, 0.25) is 0 Å². The summed E-state index contributed by atoms with van der Waals surface area (Å²) < 4.78 is 53.9. The number of urea groups is 1. The summed E-state index contributed by atoms with van der Waals surface area (Å²) in [6, 6.07) is -2.10. The summed E-state index contributed by atoms with van der Waals surface area (Å²) in [5.74, 6) is -5.57. The first-order valence-corrected chi connectivity index (χ1v) is 5.61. The van der Waals surface area contributed by atoms with Crippen molar-refractivity contribution in [3.63, 3.8) is 0 Å². The van der Waals surface area contributed by atoms with Crippen LogP contribution in [0.25, 0.3) is 0 Å². The number of aliphatic carboxylic acids is 1. The van der Waals surface area contributed by atoms with Crippen LogP contribution in [0.15, 0.2) is 0 Å². The minimum atomic E-state index is -4.35. The summed E-state index contributed by atoms with van der Waals surface area (Å²) >= 11 is 0. The van der Waals surface area contributed by atoms with Crippen molar-refractivity contribution in [2.45, 2.75) is 25.3 Å². The highest BCUT2D eigenvalue weighted by atomic mass is 19.3. The molecule has 0 radical (unpaired) electrons. The number of hydrogen-bond acceptors (Lipinski definition) is 3. The second-order valence-corrected chi connectivity index (χ2v) is 4.68. The number of carbonyl (C=O) groups is 2. The minimum Gasteiger partial charge on any atom is -0.481 e. The van der Waals surface area contributed by atoms with E-state index in [2.05, 4.69) is 5.32 Å². The lowest BCUT2D eigenvalue weighted by Crippen LogP contribution is -2.54. The van der Waals surface area contributed by atoms with Gasteiger partial charge in [0.05, 0.1) is 25.8 Å². The average Bonchev–Trinajstić information content (AvgIpc) is 2.70. The Balaban J connectivity index is 2.53. The molecule has 10 heteroatoms. The Labute approximate surface area is 111 Å². The number of ether oxygens (including phenoxy) is 1. The molecule has 0 aliphatic carbocycles. The van der Waals surface area contributed by atoms with Crippen LogP contribution in [0.5, 0.6) is 0 Å². The zero-order valence-corrected chi connectivity index (χ0v) is 10.5. The summed E-state index contributed by atoms with van der Waals surface area (Å²) in [6.07, 6.45) is -3.90. The van der Waals surface area contributed by atoms with Crippen molar-refractivity contribution >= 4 is 12.0 Å². The molecule has 1 fully saturated rings. The molecule has 3 N–H and O–H groups in total. The highest BCUT2D eigenvalue weighted by molar-refractivity contribution is 5.79. The van der Waals surface area contributed by atoms with E-state index in [1.807, 2.05) is 0 Å². The lowest BCUT2D eigenvalue weighted by Gasteiger charge is -2.26. The van der Waals surface area contributed by atoms with Gasteiger partial charge in [0, 0.05) is 0 Å².